The van der Waals surface area contributed by atoms with Gasteiger partial charge in [0.25, 0.3) is 5.91 Å². The van der Waals surface area contributed by atoms with Crippen LogP contribution in [0.25, 0.3) is 17.0 Å². The molecular formula is C37H30ClN3O. The number of hydrogen-bond acceptors (Lipinski definition) is 2. The molecule has 6 aromatic rings. The van der Waals surface area contributed by atoms with Crippen molar-refractivity contribution >= 4 is 34.5 Å². The quantitative estimate of drug-likeness (QED) is 0.154. The fourth-order valence-corrected chi connectivity index (χ4v) is 6.84. The van der Waals surface area contributed by atoms with Crippen molar-refractivity contribution in [2.24, 2.45) is 0 Å². The Hall–Kier alpha value is -4.67. The van der Waals surface area contributed by atoms with Gasteiger partial charge in [-0.05, 0) is 73.2 Å². The highest BCUT2D eigenvalue weighted by molar-refractivity contribution is 6.31. The van der Waals surface area contributed by atoms with Gasteiger partial charge < -0.3 is 4.57 Å². The Balaban J connectivity index is 1.41. The summed E-state index contributed by atoms with van der Waals surface area (Å²) >= 11 is 6.30. The number of imidazole rings is 1. The van der Waals surface area contributed by atoms with Gasteiger partial charge in [-0.15, -0.1) is 0 Å². The maximum atomic E-state index is 13.9. The first kappa shape index (κ1) is 26.2. The molecule has 4 nitrogen and oxygen atoms in total. The highest BCUT2D eigenvalue weighted by atomic mass is 35.5. The van der Waals surface area contributed by atoms with Crippen LogP contribution in [0.5, 0.6) is 0 Å². The second-order valence-electron chi connectivity index (χ2n) is 10.9. The molecule has 0 spiro atoms. The molecule has 0 amide bonds. The number of halogens is 1. The van der Waals surface area contributed by atoms with Gasteiger partial charge in [0, 0.05) is 27.4 Å². The van der Waals surface area contributed by atoms with Crippen LogP contribution < -0.4 is 0 Å². The Morgan fingerprint density at radius 1 is 0.786 bits per heavy atom. The number of fused-ring (bicyclic) bond motifs is 3. The Morgan fingerprint density at radius 3 is 1.93 bits per heavy atom. The van der Waals surface area contributed by atoms with E-state index < -0.39 is 5.54 Å². The highest BCUT2D eigenvalue weighted by Gasteiger charge is 2.39. The zero-order chi connectivity index (χ0) is 28.8. The van der Waals surface area contributed by atoms with E-state index in [0.29, 0.717) is 11.4 Å². The van der Waals surface area contributed by atoms with Crippen LogP contribution in [0.3, 0.4) is 0 Å². The smallest absolute Gasteiger partial charge is 0.258 e. The highest BCUT2D eigenvalue weighted by Crippen LogP contribution is 2.42. The summed E-state index contributed by atoms with van der Waals surface area (Å²) in [6, 6.07) is 37.4. The minimum Gasteiger partial charge on any atom is -0.316 e. The monoisotopic (exact) mass is 567 g/mol. The minimum absolute atomic E-state index is 0.00561. The van der Waals surface area contributed by atoms with Crippen molar-refractivity contribution < 1.29 is 4.79 Å². The second-order valence-corrected chi connectivity index (χ2v) is 11.4. The van der Waals surface area contributed by atoms with Crippen LogP contribution in [0.1, 0.15) is 50.6 Å². The SMILES string of the molecule is Cc1c2n(c3ccc(Cl)cc13)C(=O)C(=Cc1ncn(C(c3ccccc3)(c3ccccc3)c3ccccc3)c1C)CC2. The molecule has 3 heterocycles. The van der Waals surface area contributed by atoms with Gasteiger partial charge in [-0.2, -0.15) is 0 Å². The van der Waals surface area contributed by atoms with Crippen LogP contribution >= 0.6 is 11.6 Å². The van der Waals surface area contributed by atoms with E-state index in [1.165, 1.54) is 0 Å². The van der Waals surface area contributed by atoms with E-state index in [1.54, 1.807) is 0 Å². The zero-order valence-electron chi connectivity index (χ0n) is 23.6. The van der Waals surface area contributed by atoms with Gasteiger partial charge in [0.2, 0.25) is 0 Å². The summed E-state index contributed by atoms with van der Waals surface area (Å²) in [5.41, 5.74) is 8.37. The molecule has 1 aliphatic heterocycles. The third-order valence-corrected chi connectivity index (χ3v) is 8.94. The van der Waals surface area contributed by atoms with Crippen molar-refractivity contribution in [3.63, 3.8) is 0 Å². The first-order chi connectivity index (χ1) is 20.5. The van der Waals surface area contributed by atoms with Crippen LogP contribution in [0.2, 0.25) is 5.02 Å². The lowest BCUT2D eigenvalue weighted by Crippen LogP contribution is -2.38. The predicted octanol–water partition coefficient (Wildman–Crippen LogP) is 8.62. The summed E-state index contributed by atoms with van der Waals surface area (Å²) in [5, 5.41) is 1.71. The molecule has 4 aromatic carbocycles. The Bertz CT molecular complexity index is 1870. The summed E-state index contributed by atoms with van der Waals surface area (Å²) < 4.78 is 4.13. The lowest BCUT2D eigenvalue weighted by Gasteiger charge is -2.38. The molecule has 0 saturated heterocycles. The maximum Gasteiger partial charge on any atom is 0.258 e. The topological polar surface area (TPSA) is 39.8 Å². The standard InChI is InChI=1S/C37H30ClN3O/c1-25-32-23-31(38)19-21-35(32)41-34(25)20-18-27(36(41)42)22-33-26(2)40(24-39-33)37(28-12-6-3-7-13-28,29-14-8-4-9-15-29)30-16-10-5-11-17-30/h3-17,19,21-24H,18,20H2,1-2H3. The molecule has 0 radical (unpaired) electrons. The fourth-order valence-electron chi connectivity index (χ4n) is 6.66. The van der Waals surface area contributed by atoms with Crippen LogP contribution in [-0.2, 0) is 12.0 Å². The van der Waals surface area contributed by atoms with E-state index >= 15 is 0 Å². The molecule has 0 unspecified atom stereocenters. The zero-order valence-corrected chi connectivity index (χ0v) is 24.3. The number of rotatable bonds is 5. The van der Waals surface area contributed by atoms with Crippen molar-refractivity contribution in [2.75, 3.05) is 0 Å². The number of benzene rings is 4. The number of hydrogen-bond donors (Lipinski definition) is 0. The molecule has 2 aromatic heterocycles. The van der Waals surface area contributed by atoms with Crippen LogP contribution in [0.15, 0.2) is 121 Å². The van der Waals surface area contributed by atoms with Gasteiger partial charge in [0.15, 0.2) is 0 Å². The summed E-state index contributed by atoms with van der Waals surface area (Å²) in [4.78, 5) is 18.9. The van der Waals surface area contributed by atoms with E-state index in [0.717, 1.165) is 62.2 Å². The molecule has 1 aliphatic rings. The molecule has 7 rings (SSSR count). The van der Waals surface area contributed by atoms with E-state index in [2.05, 4.69) is 91.2 Å². The van der Waals surface area contributed by atoms with E-state index in [9.17, 15) is 4.79 Å². The molecule has 206 valence electrons. The number of nitrogens with zero attached hydrogens (tertiary/aromatic N) is 3. The number of carbonyl (C=O) groups is 1. The molecule has 0 N–H and O–H groups in total. The molecule has 5 heteroatoms. The predicted molar refractivity (Wildman–Crippen MR) is 170 cm³/mol. The van der Waals surface area contributed by atoms with Crippen molar-refractivity contribution in [2.45, 2.75) is 32.2 Å². The molecular weight excluding hydrogens is 538 g/mol. The molecule has 0 saturated carbocycles. The molecule has 0 bridgehead atoms. The summed E-state index contributed by atoms with van der Waals surface area (Å²) in [5.74, 6) is 0.00561. The van der Waals surface area contributed by atoms with E-state index in [-0.39, 0.29) is 5.91 Å². The van der Waals surface area contributed by atoms with Gasteiger partial charge in [-0.3, -0.25) is 9.36 Å². The summed E-state index contributed by atoms with van der Waals surface area (Å²) in [7, 11) is 0. The number of aromatic nitrogens is 3. The van der Waals surface area contributed by atoms with E-state index in [1.807, 2.05) is 53.4 Å². The third-order valence-electron chi connectivity index (χ3n) is 8.71. The van der Waals surface area contributed by atoms with Gasteiger partial charge >= 0.3 is 0 Å². The van der Waals surface area contributed by atoms with Crippen molar-refractivity contribution in [3.8, 4) is 0 Å². The lowest BCUT2D eigenvalue weighted by molar-refractivity contribution is 0.0946. The molecule has 42 heavy (non-hydrogen) atoms. The minimum atomic E-state index is -0.658. The van der Waals surface area contributed by atoms with Crippen molar-refractivity contribution in [1.82, 2.24) is 14.1 Å². The van der Waals surface area contributed by atoms with Crippen molar-refractivity contribution in [1.29, 1.82) is 0 Å². The largest absolute Gasteiger partial charge is 0.316 e. The third kappa shape index (κ3) is 3.98. The Morgan fingerprint density at radius 2 is 1.36 bits per heavy atom. The second kappa shape index (κ2) is 10.3. The first-order valence-electron chi connectivity index (χ1n) is 14.3. The summed E-state index contributed by atoms with van der Waals surface area (Å²) in [6.45, 7) is 4.17. The molecule has 0 fully saturated rings. The van der Waals surface area contributed by atoms with Gasteiger partial charge in [0.1, 0.15) is 5.54 Å². The number of aryl methyl sites for hydroxylation is 1. The van der Waals surface area contributed by atoms with Crippen LogP contribution in [-0.4, -0.2) is 20.0 Å². The number of carbonyl (C=O) groups excluding carboxylic acids is 1. The van der Waals surface area contributed by atoms with Crippen molar-refractivity contribution in [3.05, 3.63) is 165 Å². The van der Waals surface area contributed by atoms with Crippen LogP contribution in [0.4, 0.5) is 0 Å². The van der Waals surface area contributed by atoms with Crippen LogP contribution in [0, 0.1) is 13.8 Å². The van der Waals surface area contributed by atoms with Gasteiger partial charge in [-0.1, -0.05) is 103 Å². The normalized spacial score (nSPS) is 14.5. The first-order valence-corrected chi connectivity index (χ1v) is 14.6. The fraction of sp³-hybridized carbons (Fsp3) is 0.135. The number of allylic oxidation sites excluding steroid dienone is 1. The molecule has 0 aliphatic carbocycles. The lowest BCUT2D eigenvalue weighted by atomic mass is 9.76. The molecule has 0 atom stereocenters. The summed E-state index contributed by atoms with van der Waals surface area (Å²) in [6.07, 6.45) is 5.36. The average Bonchev–Trinajstić information content (AvgIpc) is 3.53. The van der Waals surface area contributed by atoms with E-state index in [4.69, 9.17) is 16.6 Å². The maximum absolute atomic E-state index is 13.9. The Labute approximate surface area is 250 Å². The Kier molecular flexibility index (Phi) is 6.44. The van der Waals surface area contributed by atoms with Gasteiger partial charge in [-0.25, -0.2) is 4.98 Å². The average molecular weight is 568 g/mol. The van der Waals surface area contributed by atoms with Gasteiger partial charge in [0.05, 0.1) is 17.5 Å².